The summed E-state index contributed by atoms with van der Waals surface area (Å²) in [6.45, 7) is 1.69. The minimum absolute atomic E-state index is 0.0367. The zero-order valence-corrected chi connectivity index (χ0v) is 13.3. The minimum atomic E-state index is -4.84. The van der Waals surface area contributed by atoms with Gasteiger partial charge in [0, 0.05) is 17.1 Å². The van der Waals surface area contributed by atoms with E-state index in [2.05, 4.69) is 25.7 Å². The Morgan fingerprint density at radius 3 is 2.63 bits per heavy atom. The summed E-state index contributed by atoms with van der Waals surface area (Å²) < 4.78 is 45.6. The number of rotatable bonds is 4. The lowest BCUT2D eigenvalue weighted by Crippen LogP contribution is -2.20. The van der Waals surface area contributed by atoms with Gasteiger partial charge < -0.3 is 9.47 Å². The third kappa shape index (κ3) is 4.48. The SMILES string of the molecule is CCOC(=O)c1ncc(CBr)c(OC(F)(F)F)c1I. The van der Waals surface area contributed by atoms with Crippen LogP contribution in [0.3, 0.4) is 0 Å². The fourth-order valence-electron chi connectivity index (χ4n) is 1.17. The molecule has 106 valence electrons. The standard InChI is InChI=1S/C10H8BrF3INO3/c1-2-18-9(17)7-6(15)8(19-10(12,13)14)5(3-11)4-16-7/h4H,2-3H2,1H3. The number of pyridine rings is 1. The van der Waals surface area contributed by atoms with Gasteiger partial charge in [-0.3, -0.25) is 0 Å². The van der Waals surface area contributed by atoms with Crippen molar-refractivity contribution in [2.75, 3.05) is 6.61 Å². The fraction of sp³-hybridized carbons (Fsp3) is 0.400. The molecule has 4 nitrogen and oxygen atoms in total. The Morgan fingerprint density at radius 1 is 1.53 bits per heavy atom. The van der Waals surface area contributed by atoms with E-state index in [0.29, 0.717) is 0 Å². The van der Waals surface area contributed by atoms with E-state index < -0.39 is 18.1 Å². The zero-order valence-electron chi connectivity index (χ0n) is 9.55. The predicted octanol–water partition coefficient (Wildman–Crippen LogP) is 3.66. The number of alkyl halides is 4. The van der Waals surface area contributed by atoms with Crippen molar-refractivity contribution >= 4 is 44.5 Å². The van der Waals surface area contributed by atoms with Gasteiger partial charge >= 0.3 is 12.3 Å². The van der Waals surface area contributed by atoms with E-state index in [1.54, 1.807) is 29.5 Å². The van der Waals surface area contributed by atoms with Gasteiger partial charge in [0.05, 0.1) is 10.2 Å². The summed E-state index contributed by atoms with van der Waals surface area (Å²) in [6, 6.07) is 0. The molecule has 0 aliphatic rings. The average molecular weight is 454 g/mol. The zero-order chi connectivity index (χ0) is 14.6. The fourth-order valence-corrected chi connectivity index (χ4v) is 2.38. The molecule has 0 unspecified atom stereocenters. The van der Waals surface area contributed by atoms with Crippen LogP contribution in [0.15, 0.2) is 6.20 Å². The van der Waals surface area contributed by atoms with E-state index in [-0.39, 0.29) is 26.8 Å². The number of nitrogens with zero attached hydrogens (tertiary/aromatic N) is 1. The van der Waals surface area contributed by atoms with E-state index in [4.69, 9.17) is 4.74 Å². The van der Waals surface area contributed by atoms with Gasteiger partial charge in [0.25, 0.3) is 0 Å². The second kappa shape index (κ2) is 6.73. The van der Waals surface area contributed by atoms with E-state index >= 15 is 0 Å². The van der Waals surface area contributed by atoms with Gasteiger partial charge in [-0.15, -0.1) is 13.2 Å². The molecule has 1 aromatic rings. The molecule has 0 saturated heterocycles. The van der Waals surface area contributed by atoms with Crippen LogP contribution in [0.5, 0.6) is 5.75 Å². The largest absolute Gasteiger partial charge is 0.573 e. The smallest absolute Gasteiger partial charge is 0.461 e. The van der Waals surface area contributed by atoms with Gasteiger partial charge in [-0.25, -0.2) is 9.78 Å². The van der Waals surface area contributed by atoms with Crippen LogP contribution >= 0.6 is 38.5 Å². The van der Waals surface area contributed by atoms with Crippen molar-refractivity contribution < 1.29 is 27.4 Å². The molecule has 19 heavy (non-hydrogen) atoms. The van der Waals surface area contributed by atoms with Crippen LogP contribution in [-0.2, 0) is 10.1 Å². The number of esters is 1. The summed E-state index contributed by atoms with van der Waals surface area (Å²) in [7, 11) is 0. The van der Waals surface area contributed by atoms with Crippen molar-refractivity contribution in [1.29, 1.82) is 0 Å². The van der Waals surface area contributed by atoms with Crippen molar-refractivity contribution in [3.05, 3.63) is 21.0 Å². The Balaban J connectivity index is 3.25. The summed E-state index contributed by atoms with van der Waals surface area (Å²) in [5.41, 5.74) is -0.0128. The maximum Gasteiger partial charge on any atom is 0.573 e. The number of aromatic nitrogens is 1. The lowest BCUT2D eigenvalue weighted by atomic mass is 10.2. The summed E-state index contributed by atoms with van der Waals surface area (Å²) in [5, 5.41) is 0.116. The quantitative estimate of drug-likeness (QED) is 0.396. The first-order valence-electron chi connectivity index (χ1n) is 4.96. The molecule has 1 heterocycles. The third-order valence-corrected chi connectivity index (χ3v) is 3.48. The van der Waals surface area contributed by atoms with E-state index in [1.807, 2.05) is 0 Å². The monoisotopic (exact) mass is 453 g/mol. The number of hydrogen-bond donors (Lipinski definition) is 0. The summed E-state index contributed by atoms with van der Waals surface area (Å²) in [5.74, 6) is -1.23. The molecule has 0 radical (unpaired) electrons. The van der Waals surface area contributed by atoms with Crippen LogP contribution in [0, 0.1) is 3.57 Å². The van der Waals surface area contributed by atoms with Crippen LogP contribution in [0.4, 0.5) is 13.2 Å². The van der Waals surface area contributed by atoms with Gasteiger partial charge in [0.2, 0.25) is 0 Å². The first kappa shape index (κ1) is 16.5. The molecule has 0 aliphatic heterocycles. The topological polar surface area (TPSA) is 48.4 Å². The number of halogens is 5. The molecule has 0 bridgehead atoms. The van der Waals surface area contributed by atoms with E-state index in [0.717, 1.165) is 6.20 Å². The molecule has 1 rings (SSSR count). The molecule has 0 aliphatic carbocycles. The molecule has 0 fully saturated rings. The lowest BCUT2D eigenvalue weighted by Gasteiger charge is -2.15. The second-order valence-corrected chi connectivity index (χ2v) is 4.82. The first-order valence-corrected chi connectivity index (χ1v) is 7.16. The molecular weight excluding hydrogens is 446 g/mol. The minimum Gasteiger partial charge on any atom is -0.461 e. The molecule has 0 N–H and O–H groups in total. The Bertz CT molecular complexity index is 482. The highest BCUT2D eigenvalue weighted by Gasteiger charge is 2.34. The molecule has 0 spiro atoms. The average Bonchev–Trinajstić information content (AvgIpc) is 2.30. The number of ether oxygens (including phenoxy) is 2. The molecule has 0 saturated carbocycles. The van der Waals surface area contributed by atoms with Crippen LogP contribution in [0.1, 0.15) is 23.0 Å². The van der Waals surface area contributed by atoms with Crippen LogP contribution < -0.4 is 4.74 Å². The van der Waals surface area contributed by atoms with Crippen molar-refractivity contribution in [2.24, 2.45) is 0 Å². The lowest BCUT2D eigenvalue weighted by molar-refractivity contribution is -0.275. The second-order valence-electron chi connectivity index (χ2n) is 3.18. The Kier molecular flexibility index (Phi) is 5.83. The highest BCUT2D eigenvalue weighted by atomic mass is 127. The van der Waals surface area contributed by atoms with Gasteiger partial charge in [0.15, 0.2) is 11.4 Å². The van der Waals surface area contributed by atoms with Gasteiger partial charge in [-0.1, -0.05) is 15.9 Å². The maximum atomic E-state index is 12.3. The van der Waals surface area contributed by atoms with Gasteiger partial charge in [0.1, 0.15) is 0 Å². The highest BCUT2D eigenvalue weighted by Crippen LogP contribution is 2.33. The molecule has 9 heteroatoms. The Hall–Kier alpha value is -0.580. The number of carbonyl (C=O) groups excluding carboxylic acids is 1. The number of carbonyl (C=O) groups is 1. The maximum absolute atomic E-state index is 12.3. The number of hydrogen-bond acceptors (Lipinski definition) is 4. The van der Waals surface area contributed by atoms with Crippen LogP contribution in [0.25, 0.3) is 0 Å². The van der Waals surface area contributed by atoms with E-state index in [1.165, 1.54) is 0 Å². The van der Waals surface area contributed by atoms with Crippen molar-refractivity contribution in [1.82, 2.24) is 4.98 Å². The molecule has 1 aromatic heterocycles. The summed E-state index contributed by atoms with van der Waals surface area (Å²) in [6.07, 6.45) is -3.70. The summed E-state index contributed by atoms with van der Waals surface area (Å²) >= 11 is 4.61. The molecule has 0 atom stereocenters. The normalized spacial score (nSPS) is 11.3. The van der Waals surface area contributed by atoms with Crippen LogP contribution in [0.2, 0.25) is 0 Å². The molecule has 0 amide bonds. The van der Waals surface area contributed by atoms with Crippen molar-refractivity contribution in [3.8, 4) is 5.75 Å². The summed E-state index contributed by atoms with van der Waals surface area (Å²) in [4.78, 5) is 15.3. The Labute approximate surface area is 128 Å². The van der Waals surface area contributed by atoms with Crippen molar-refractivity contribution in [2.45, 2.75) is 18.6 Å². The highest BCUT2D eigenvalue weighted by molar-refractivity contribution is 14.1. The molecular formula is C10H8BrF3INO3. The first-order chi connectivity index (χ1) is 8.80. The van der Waals surface area contributed by atoms with Crippen LogP contribution in [-0.4, -0.2) is 23.9 Å². The van der Waals surface area contributed by atoms with Gasteiger partial charge in [-0.2, -0.15) is 0 Å². The molecule has 0 aromatic carbocycles. The van der Waals surface area contributed by atoms with Crippen molar-refractivity contribution in [3.63, 3.8) is 0 Å². The third-order valence-electron chi connectivity index (χ3n) is 1.88. The predicted molar refractivity (Wildman–Crippen MR) is 72.2 cm³/mol. The van der Waals surface area contributed by atoms with E-state index in [9.17, 15) is 18.0 Å². The van der Waals surface area contributed by atoms with Gasteiger partial charge in [-0.05, 0) is 29.5 Å². The Morgan fingerprint density at radius 2 is 2.16 bits per heavy atom.